The number of unbranched alkanes of at least 4 members (excludes halogenated alkanes) is 1. The fourth-order valence-electron chi connectivity index (χ4n) is 2.98. The smallest absolute Gasteiger partial charge is 0.317 e. The normalized spacial score (nSPS) is 10.5. The summed E-state index contributed by atoms with van der Waals surface area (Å²) in [5, 5.41) is 4.68. The minimum absolute atomic E-state index is 0.177. The number of urea groups is 1. The third-order valence-corrected chi connectivity index (χ3v) is 5.21. The van der Waals surface area contributed by atoms with E-state index in [0.29, 0.717) is 43.3 Å². The summed E-state index contributed by atoms with van der Waals surface area (Å²) in [6.07, 6.45) is 3.14. The van der Waals surface area contributed by atoms with Crippen LogP contribution in [0.2, 0.25) is 5.02 Å². The molecule has 31 heavy (non-hydrogen) atoms. The predicted octanol–water partition coefficient (Wildman–Crippen LogP) is 3.75. The first-order valence-electron chi connectivity index (χ1n) is 10.5. The van der Waals surface area contributed by atoms with Crippen LogP contribution in [-0.4, -0.2) is 43.6 Å². The first kappa shape index (κ1) is 24.7. The number of aryl methyl sites for hydroxylation is 1. The van der Waals surface area contributed by atoms with E-state index in [2.05, 4.69) is 12.2 Å². The molecule has 0 aliphatic heterocycles. The van der Waals surface area contributed by atoms with Crippen molar-refractivity contribution in [2.24, 2.45) is 5.73 Å². The van der Waals surface area contributed by atoms with Crippen molar-refractivity contribution >= 4 is 29.7 Å². The number of hydroxylamine groups is 1. The third-order valence-electron chi connectivity index (χ3n) is 4.84. The SMILES string of the molecule is CCc1ccc(N(C=O)OCCN(CCCCN)C(=O)NCc2ccccc2Cl)cc1. The van der Waals surface area contributed by atoms with Crippen LogP contribution in [0.5, 0.6) is 0 Å². The van der Waals surface area contributed by atoms with E-state index in [1.165, 1.54) is 10.6 Å². The van der Waals surface area contributed by atoms with E-state index in [9.17, 15) is 9.59 Å². The van der Waals surface area contributed by atoms with Crippen molar-refractivity contribution in [3.05, 3.63) is 64.7 Å². The number of amides is 3. The molecule has 168 valence electrons. The van der Waals surface area contributed by atoms with Gasteiger partial charge < -0.3 is 16.0 Å². The number of halogens is 1. The Balaban J connectivity index is 1.91. The van der Waals surface area contributed by atoms with Crippen LogP contribution in [0.25, 0.3) is 0 Å². The highest BCUT2D eigenvalue weighted by molar-refractivity contribution is 6.31. The van der Waals surface area contributed by atoms with Crippen molar-refractivity contribution in [1.29, 1.82) is 0 Å². The maximum Gasteiger partial charge on any atom is 0.317 e. The molecule has 0 heterocycles. The number of nitrogens with zero attached hydrogens (tertiary/aromatic N) is 2. The van der Waals surface area contributed by atoms with Gasteiger partial charge in [0.05, 0.1) is 12.3 Å². The predicted molar refractivity (Wildman–Crippen MR) is 124 cm³/mol. The number of benzene rings is 2. The topological polar surface area (TPSA) is 87.9 Å². The summed E-state index contributed by atoms with van der Waals surface area (Å²) in [5.74, 6) is 0. The summed E-state index contributed by atoms with van der Waals surface area (Å²) >= 11 is 6.16. The Morgan fingerprint density at radius 3 is 2.52 bits per heavy atom. The zero-order valence-electron chi connectivity index (χ0n) is 17.9. The molecule has 3 amide bonds. The van der Waals surface area contributed by atoms with Crippen molar-refractivity contribution in [2.45, 2.75) is 32.7 Å². The van der Waals surface area contributed by atoms with Crippen LogP contribution in [0.4, 0.5) is 10.5 Å². The number of hydrogen-bond donors (Lipinski definition) is 2. The maximum absolute atomic E-state index is 12.7. The largest absolute Gasteiger partial charge is 0.334 e. The van der Waals surface area contributed by atoms with Gasteiger partial charge in [-0.15, -0.1) is 0 Å². The minimum atomic E-state index is -0.217. The lowest BCUT2D eigenvalue weighted by atomic mass is 10.1. The second kappa shape index (κ2) is 13.6. The van der Waals surface area contributed by atoms with Gasteiger partial charge >= 0.3 is 6.03 Å². The highest BCUT2D eigenvalue weighted by Crippen LogP contribution is 2.16. The van der Waals surface area contributed by atoms with Crippen molar-refractivity contribution in [3.63, 3.8) is 0 Å². The maximum atomic E-state index is 12.7. The van der Waals surface area contributed by atoms with Gasteiger partial charge in [-0.1, -0.05) is 48.9 Å². The summed E-state index contributed by atoms with van der Waals surface area (Å²) < 4.78 is 0. The van der Waals surface area contributed by atoms with Crippen molar-refractivity contribution in [2.75, 3.05) is 31.3 Å². The standard InChI is InChI=1S/C23H31ClN4O3/c1-2-19-9-11-21(12-10-19)28(18-29)31-16-15-27(14-6-5-13-25)23(30)26-17-20-7-3-4-8-22(20)24/h3-4,7-12,18H,2,5-6,13-17,25H2,1H3,(H,26,30). The number of carbonyl (C=O) groups excluding carboxylic acids is 2. The van der Waals surface area contributed by atoms with Crippen molar-refractivity contribution in [1.82, 2.24) is 10.2 Å². The highest BCUT2D eigenvalue weighted by atomic mass is 35.5. The molecule has 0 atom stereocenters. The molecule has 2 aromatic carbocycles. The van der Waals surface area contributed by atoms with Gasteiger partial charge in [0.25, 0.3) is 0 Å². The molecule has 3 N–H and O–H groups in total. The second-order valence-electron chi connectivity index (χ2n) is 7.02. The molecule has 0 unspecified atom stereocenters. The van der Waals surface area contributed by atoms with E-state index in [4.69, 9.17) is 22.2 Å². The van der Waals surface area contributed by atoms with Crippen LogP contribution < -0.4 is 16.1 Å². The average molecular weight is 447 g/mol. The van der Waals surface area contributed by atoms with Gasteiger partial charge in [-0.25, -0.2) is 4.79 Å². The van der Waals surface area contributed by atoms with Gasteiger partial charge in [0.1, 0.15) is 0 Å². The van der Waals surface area contributed by atoms with E-state index in [1.54, 1.807) is 11.0 Å². The molecule has 2 rings (SSSR count). The fourth-order valence-corrected chi connectivity index (χ4v) is 3.18. The molecule has 7 nitrogen and oxygen atoms in total. The van der Waals surface area contributed by atoms with Crippen LogP contribution in [0.1, 0.15) is 30.9 Å². The number of hydrogen-bond acceptors (Lipinski definition) is 4. The van der Waals surface area contributed by atoms with Gasteiger partial charge in [0.15, 0.2) is 0 Å². The number of rotatable bonds is 13. The monoisotopic (exact) mass is 446 g/mol. The van der Waals surface area contributed by atoms with E-state index in [-0.39, 0.29) is 12.6 Å². The lowest BCUT2D eigenvalue weighted by Gasteiger charge is -2.25. The number of carbonyl (C=O) groups is 2. The molecule has 8 heteroatoms. The molecule has 2 aromatic rings. The number of anilines is 1. The van der Waals surface area contributed by atoms with Crippen LogP contribution >= 0.6 is 11.6 Å². The summed E-state index contributed by atoms with van der Waals surface area (Å²) in [6.45, 7) is 4.02. The molecular formula is C23H31ClN4O3. The Labute approximate surface area is 189 Å². The van der Waals surface area contributed by atoms with Gasteiger partial charge in [-0.3, -0.25) is 9.63 Å². The third kappa shape index (κ3) is 8.20. The lowest BCUT2D eigenvalue weighted by Crippen LogP contribution is -2.42. The Hall–Kier alpha value is -2.61. The first-order chi connectivity index (χ1) is 15.1. The van der Waals surface area contributed by atoms with E-state index < -0.39 is 0 Å². The van der Waals surface area contributed by atoms with Gasteiger partial charge in [-0.2, -0.15) is 5.06 Å². The molecule has 0 aromatic heterocycles. The molecule has 0 radical (unpaired) electrons. The minimum Gasteiger partial charge on any atom is -0.334 e. The number of nitrogens with one attached hydrogen (secondary N) is 1. The first-order valence-corrected chi connectivity index (χ1v) is 10.9. The molecule has 0 aliphatic rings. The molecule has 0 spiro atoms. The quantitative estimate of drug-likeness (QED) is 0.278. The van der Waals surface area contributed by atoms with Crippen molar-refractivity contribution in [3.8, 4) is 0 Å². The Bertz CT molecular complexity index is 817. The lowest BCUT2D eigenvalue weighted by molar-refractivity contribution is -0.114. The van der Waals surface area contributed by atoms with Crippen LogP contribution in [-0.2, 0) is 22.6 Å². The highest BCUT2D eigenvalue weighted by Gasteiger charge is 2.15. The van der Waals surface area contributed by atoms with Gasteiger partial charge in [0, 0.05) is 24.7 Å². The Kier molecular flexibility index (Phi) is 10.9. The van der Waals surface area contributed by atoms with Crippen LogP contribution in [0.3, 0.4) is 0 Å². The molecule has 0 fully saturated rings. The Morgan fingerprint density at radius 2 is 1.87 bits per heavy atom. The van der Waals surface area contributed by atoms with Crippen LogP contribution in [0.15, 0.2) is 48.5 Å². The molecule has 0 saturated carbocycles. The average Bonchev–Trinajstić information content (AvgIpc) is 2.80. The molecule has 0 aliphatic carbocycles. The summed E-state index contributed by atoms with van der Waals surface area (Å²) in [4.78, 5) is 31.4. The molecule has 0 bridgehead atoms. The van der Waals surface area contributed by atoms with Gasteiger partial charge in [-0.05, 0) is 55.1 Å². The van der Waals surface area contributed by atoms with Crippen molar-refractivity contribution < 1.29 is 14.4 Å². The Morgan fingerprint density at radius 1 is 1.13 bits per heavy atom. The van der Waals surface area contributed by atoms with Crippen LogP contribution in [0, 0.1) is 0 Å². The van der Waals surface area contributed by atoms with E-state index in [0.717, 1.165) is 24.8 Å². The fraction of sp³-hybridized carbons (Fsp3) is 0.391. The second-order valence-corrected chi connectivity index (χ2v) is 7.42. The zero-order valence-corrected chi connectivity index (χ0v) is 18.7. The molecular weight excluding hydrogens is 416 g/mol. The summed E-state index contributed by atoms with van der Waals surface area (Å²) in [7, 11) is 0. The number of nitrogens with two attached hydrogens (primary N) is 1. The van der Waals surface area contributed by atoms with E-state index in [1.807, 2.05) is 42.5 Å². The zero-order chi connectivity index (χ0) is 22.5. The summed E-state index contributed by atoms with van der Waals surface area (Å²) in [6, 6.07) is 14.7. The van der Waals surface area contributed by atoms with Gasteiger partial charge in [0.2, 0.25) is 6.41 Å². The van der Waals surface area contributed by atoms with E-state index >= 15 is 0 Å². The molecule has 0 saturated heterocycles. The summed E-state index contributed by atoms with van der Waals surface area (Å²) in [5.41, 5.74) is 8.25.